The molecule has 0 saturated carbocycles. The quantitative estimate of drug-likeness (QED) is 0.715. The van der Waals surface area contributed by atoms with Gasteiger partial charge in [0.15, 0.2) is 0 Å². The van der Waals surface area contributed by atoms with Crippen LogP contribution in [-0.2, 0) is 4.79 Å². The van der Waals surface area contributed by atoms with Crippen molar-refractivity contribution in [3.05, 3.63) is 24.2 Å². The Labute approximate surface area is 77.1 Å². The molecular weight excluding hydrogens is 166 g/mol. The summed E-state index contributed by atoms with van der Waals surface area (Å²) >= 11 is 0. The summed E-state index contributed by atoms with van der Waals surface area (Å²) in [6.45, 7) is 1.95. The lowest BCUT2D eigenvalue weighted by molar-refractivity contribution is -0.127. The first-order chi connectivity index (χ1) is 6.27. The molecule has 0 spiro atoms. The van der Waals surface area contributed by atoms with Crippen molar-refractivity contribution in [2.45, 2.75) is 25.8 Å². The van der Waals surface area contributed by atoms with E-state index in [2.05, 4.69) is 5.32 Å². The Morgan fingerprint density at radius 1 is 1.54 bits per heavy atom. The SMILES string of the molecule is C[C@H]1CC[C@@H](c2ccco2)NC1=O. The van der Waals surface area contributed by atoms with Crippen LogP contribution in [0.5, 0.6) is 0 Å². The van der Waals surface area contributed by atoms with E-state index in [1.165, 1.54) is 0 Å². The number of rotatable bonds is 1. The number of piperidine rings is 1. The molecule has 1 aliphatic heterocycles. The van der Waals surface area contributed by atoms with E-state index in [-0.39, 0.29) is 17.9 Å². The largest absolute Gasteiger partial charge is 0.467 e. The summed E-state index contributed by atoms with van der Waals surface area (Å²) in [5, 5.41) is 2.94. The molecule has 70 valence electrons. The number of hydrogen-bond acceptors (Lipinski definition) is 2. The van der Waals surface area contributed by atoms with E-state index in [0.717, 1.165) is 18.6 Å². The number of amides is 1. The molecule has 1 amide bonds. The molecule has 0 aromatic carbocycles. The molecule has 2 rings (SSSR count). The second-order valence-electron chi connectivity index (χ2n) is 3.55. The van der Waals surface area contributed by atoms with Crippen molar-refractivity contribution in [1.29, 1.82) is 0 Å². The van der Waals surface area contributed by atoms with Gasteiger partial charge in [-0.1, -0.05) is 6.92 Å². The Balaban J connectivity index is 2.08. The molecule has 1 aromatic rings. The number of hydrogen-bond donors (Lipinski definition) is 1. The highest BCUT2D eigenvalue weighted by atomic mass is 16.3. The zero-order chi connectivity index (χ0) is 9.26. The summed E-state index contributed by atoms with van der Waals surface area (Å²) in [6, 6.07) is 3.83. The molecular formula is C10H13NO2. The van der Waals surface area contributed by atoms with Crippen molar-refractivity contribution in [2.24, 2.45) is 5.92 Å². The number of furan rings is 1. The van der Waals surface area contributed by atoms with Crippen LogP contribution >= 0.6 is 0 Å². The van der Waals surface area contributed by atoms with E-state index >= 15 is 0 Å². The van der Waals surface area contributed by atoms with E-state index in [1.54, 1.807) is 6.26 Å². The first kappa shape index (κ1) is 8.35. The summed E-state index contributed by atoms with van der Waals surface area (Å²) in [6.07, 6.45) is 3.55. The Morgan fingerprint density at radius 2 is 2.38 bits per heavy atom. The predicted octanol–water partition coefficient (Wildman–Crippen LogP) is 1.87. The van der Waals surface area contributed by atoms with Crippen LogP contribution < -0.4 is 5.32 Å². The maximum atomic E-state index is 11.3. The van der Waals surface area contributed by atoms with Crippen molar-refractivity contribution in [1.82, 2.24) is 5.32 Å². The second-order valence-corrected chi connectivity index (χ2v) is 3.55. The third kappa shape index (κ3) is 1.59. The minimum absolute atomic E-state index is 0.0821. The molecule has 1 N–H and O–H groups in total. The topological polar surface area (TPSA) is 42.2 Å². The molecule has 0 bridgehead atoms. The predicted molar refractivity (Wildman–Crippen MR) is 48.0 cm³/mol. The van der Waals surface area contributed by atoms with Crippen molar-refractivity contribution in [2.75, 3.05) is 0 Å². The van der Waals surface area contributed by atoms with Gasteiger partial charge < -0.3 is 9.73 Å². The molecule has 1 aromatic heterocycles. The van der Waals surface area contributed by atoms with E-state index in [9.17, 15) is 4.79 Å². The second kappa shape index (κ2) is 3.24. The van der Waals surface area contributed by atoms with Gasteiger partial charge in [0, 0.05) is 5.92 Å². The van der Waals surface area contributed by atoms with Gasteiger partial charge in [-0.2, -0.15) is 0 Å². The number of carbonyl (C=O) groups excluding carboxylic acids is 1. The summed E-state index contributed by atoms with van der Waals surface area (Å²) in [7, 11) is 0. The molecule has 3 nitrogen and oxygen atoms in total. The molecule has 0 radical (unpaired) electrons. The zero-order valence-electron chi connectivity index (χ0n) is 7.62. The Kier molecular flexibility index (Phi) is 2.08. The highest BCUT2D eigenvalue weighted by molar-refractivity contribution is 5.79. The van der Waals surface area contributed by atoms with E-state index in [1.807, 2.05) is 19.1 Å². The third-order valence-electron chi connectivity index (χ3n) is 2.54. The Hall–Kier alpha value is -1.25. The van der Waals surface area contributed by atoms with Gasteiger partial charge in [0.25, 0.3) is 0 Å². The average molecular weight is 179 g/mol. The summed E-state index contributed by atoms with van der Waals surface area (Å²) in [5.74, 6) is 1.14. The van der Waals surface area contributed by atoms with Gasteiger partial charge in [0.1, 0.15) is 5.76 Å². The smallest absolute Gasteiger partial charge is 0.223 e. The van der Waals surface area contributed by atoms with Crippen molar-refractivity contribution in [3.8, 4) is 0 Å². The monoisotopic (exact) mass is 179 g/mol. The number of nitrogens with one attached hydrogen (secondary N) is 1. The van der Waals surface area contributed by atoms with Crippen LogP contribution in [-0.4, -0.2) is 5.91 Å². The van der Waals surface area contributed by atoms with E-state index in [4.69, 9.17) is 4.42 Å². The van der Waals surface area contributed by atoms with Crippen LogP contribution in [0, 0.1) is 5.92 Å². The van der Waals surface area contributed by atoms with Crippen LogP contribution in [0.1, 0.15) is 31.6 Å². The minimum Gasteiger partial charge on any atom is -0.467 e. The lowest BCUT2D eigenvalue weighted by atomic mass is 9.94. The zero-order valence-corrected chi connectivity index (χ0v) is 7.62. The minimum atomic E-state index is 0.0821. The first-order valence-electron chi connectivity index (χ1n) is 4.61. The highest BCUT2D eigenvalue weighted by Gasteiger charge is 2.26. The lowest BCUT2D eigenvalue weighted by Gasteiger charge is -2.25. The standard InChI is InChI=1S/C10H13NO2/c1-7-4-5-8(11-10(7)12)9-3-2-6-13-9/h2-3,6-8H,4-5H2,1H3,(H,11,12)/t7-,8-/m0/s1. The Bertz CT molecular complexity index is 292. The molecule has 3 heteroatoms. The van der Waals surface area contributed by atoms with Gasteiger partial charge in [-0.25, -0.2) is 0 Å². The normalized spacial score (nSPS) is 28.5. The molecule has 0 aliphatic carbocycles. The fourth-order valence-corrected chi connectivity index (χ4v) is 1.64. The molecule has 2 heterocycles. The molecule has 2 atom stereocenters. The van der Waals surface area contributed by atoms with Gasteiger partial charge in [-0.15, -0.1) is 0 Å². The molecule has 1 aliphatic rings. The summed E-state index contributed by atoms with van der Waals surface area (Å²) < 4.78 is 5.24. The van der Waals surface area contributed by atoms with Crippen LogP contribution in [0.4, 0.5) is 0 Å². The van der Waals surface area contributed by atoms with Crippen molar-refractivity contribution < 1.29 is 9.21 Å². The molecule has 1 saturated heterocycles. The van der Waals surface area contributed by atoms with Crippen molar-refractivity contribution in [3.63, 3.8) is 0 Å². The fourth-order valence-electron chi connectivity index (χ4n) is 1.64. The van der Waals surface area contributed by atoms with Gasteiger partial charge in [-0.3, -0.25) is 4.79 Å². The third-order valence-corrected chi connectivity index (χ3v) is 2.54. The van der Waals surface area contributed by atoms with Gasteiger partial charge in [0.2, 0.25) is 5.91 Å². The van der Waals surface area contributed by atoms with Crippen LogP contribution in [0.2, 0.25) is 0 Å². The van der Waals surface area contributed by atoms with Crippen molar-refractivity contribution >= 4 is 5.91 Å². The van der Waals surface area contributed by atoms with Gasteiger partial charge >= 0.3 is 0 Å². The van der Waals surface area contributed by atoms with Gasteiger partial charge in [0.05, 0.1) is 12.3 Å². The van der Waals surface area contributed by atoms with Crippen LogP contribution in [0.25, 0.3) is 0 Å². The maximum absolute atomic E-state index is 11.3. The summed E-state index contributed by atoms with van der Waals surface area (Å²) in [4.78, 5) is 11.3. The number of carbonyl (C=O) groups is 1. The Morgan fingerprint density at radius 3 is 3.00 bits per heavy atom. The van der Waals surface area contributed by atoms with Crippen LogP contribution in [0.15, 0.2) is 22.8 Å². The average Bonchev–Trinajstić information content (AvgIpc) is 2.62. The van der Waals surface area contributed by atoms with E-state index < -0.39 is 0 Å². The highest BCUT2D eigenvalue weighted by Crippen LogP contribution is 2.26. The molecule has 13 heavy (non-hydrogen) atoms. The summed E-state index contributed by atoms with van der Waals surface area (Å²) in [5.41, 5.74) is 0. The molecule has 0 unspecified atom stereocenters. The van der Waals surface area contributed by atoms with Gasteiger partial charge in [-0.05, 0) is 25.0 Å². The first-order valence-corrected chi connectivity index (χ1v) is 4.61. The lowest BCUT2D eigenvalue weighted by Crippen LogP contribution is -2.37. The fraction of sp³-hybridized carbons (Fsp3) is 0.500. The van der Waals surface area contributed by atoms with Crippen LogP contribution in [0.3, 0.4) is 0 Å². The maximum Gasteiger partial charge on any atom is 0.223 e. The molecule has 1 fully saturated rings. The van der Waals surface area contributed by atoms with E-state index in [0.29, 0.717) is 0 Å².